The van der Waals surface area contributed by atoms with Gasteiger partial charge in [0.25, 0.3) is 0 Å². The number of fused-ring (bicyclic) bond motifs is 1. The molecule has 1 saturated heterocycles. The number of nitrogens with one attached hydrogen (secondary N) is 1. The molecule has 1 N–H and O–H groups in total. The molecule has 1 amide bonds. The molecule has 0 saturated carbocycles. The predicted octanol–water partition coefficient (Wildman–Crippen LogP) is 2.87. The zero-order chi connectivity index (χ0) is 15.4. The van der Waals surface area contributed by atoms with Crippen LogP contribution in [0.2, 0.25) is 0 Å². The van der Waals surface area contributed by atoms with E-state index in [4.69, 9.17) is 0 Å². The van der Waals surface area contributed by atoms with Gasteiger partial charge in [0.1, 0.15) is 0 Å². The summed E-state index contributed by atoms with van der Waals surface area (Å²) in [4.78, 5) is 19.1. The molecule has 7 heteroatoms. The van der Waals surface area contributed by atoms with Gasteiger partial charge in [0, 0.05) is 32.1 Å². The lowest BCUT2D eigenvalue weighted by molar-refractivity contribution is -0.133. The normalized spacial score (nSPS) is 16.5. The Morgan fingerprint density at radius 1 is 1.38 bits per heavy atom. The number of halogens is 2. The SMILES string of the molecule is CCCN(C(=O)CCn1cnc2ccccc21)C1CCNC1.Cl.Cl. The maximum absolute atomic E-state index is 12.6. The number of hydrogen-bond donors (Lipinski definition) is 1. The predicted molar refractivity (Wildman–Crippen MR) is 102 cm³/mol. The minimum absolute atomic E-state index is 0. The smallest absolute Gasteiger partial charge is 0.224 e. The van der Waals surface area contributed by atoms with Crippen LogP contribution in [0.1, 0.15) is 26.2 Å². The molecule has 1 aromatic carbocycles. The molecule has 3 rings (SSSR count). The van der Waals surface area contributed by atoms with Crippen LogP contribution in [0.4, 0.5) is 0 Å². The van der Waals surface area contributed by atoms with E-state index >= 15 is 0 Å². The van der Waals surface area contributed by atoms with Crippen molar-refractivity contribution in [3.63, 3.8) is 0 Å². The first-order chi connectivity index (χ1) is 10.8. The first-order valence-corrected chi connectivity index (χ1v) is 8.19. The number of rotatable bonds is 6. The highest BCUT2D eigenvalue weighted by atomic mass is 35.5. The lowest BCUT2D eigenvalue weighted by atomic mass is 10.2. The van der Waals surface area contributed by atoms with Crippen molar-refractivity contribution < 1.29 is 4.79 Å². The van der Waals surface area contributed by atoms with Crippen LogP contribution in [-0.4, -0.2) is 46.0 Å². The third-order valence-corrected chi connectivity index (χ3v) is 4.35. The van der Waals surface area contributed by atoms with Gasteiger partial charge >= 0.3 is 0 Å². The first kappa shape index (κ1) is 20.7. The van der Waals surface area contributed by atoms with Gasteiger partial charge in [0.05, 0.1) is 17.4 Å². The maximum Gasteiger partial charge on any atom is 0.224 e. The average Bonchev–Trinajstić information content (AvgIpc) is 3.20. The van der Waals surface area contributed by atoms with Crippen molar-refractivity contribution in [2.24, 2.45) is 0 Å². The number of carbonyl (C=O) groups is 1. The van der Waals surface area contributed by atoms with Crippen molar-refractivity contribution in [2.75, 3.05) is 19.6 Å². The van der Waals surface area contributed by atoms with E-state index in [1.165, 1.54) is 0 Å². The minimum atomic E-state index is 0. The summed E-state index contributed by atoms with van der Waals surface area (Å²) in [6.45, 7) is 5.63. The highest BCUT2D eigenvalue weighted by Crippen LogP contribution is 2.14. The largest absolute Gasteiger partial charge is 0.338 e. The van der Waals surface area contributed by atoms with Crippen LogP contribution < -0.4 is 5.32 Å². The molecule has 1 aromatic heterocycles. The Morgan fingerprint density at radius 2 is 2.17 bits per heavy atom. The van der Waals surface area contributed by atoms with Crippen LogP contribution in [0.15, 0.2) is 30.6 Å². The monoisotopic (exact) mass is 372 g/mol. The number of para-hydroxylation sites is 2. The van der Waals surface area contributed by atoms with E-state index in [0.29, 0.717) is 19.0 Å². The van der Waals surface area contributed by atoms with Gasteiger partial charge in [-0.1, -0.05) is 19.1 Å². The summed E-state index contributed by atoms with van der Waals surface area (Å²) in [7, 11) is 0. The summed E-state index contributed by atoms with van der Waals surface area (Å²) in [5.41, 5.74) is 2.08. The number of carbonyl (C=O) groups excluding carboxylic acids is 1. The second kappa shape index (κ2) is 9.87. The number of amides is 1. The molecular formula is C17H26Cl2N4O. The molecule has 5 nitrogen and oxygen atoms in total. The van der Waals surface area contributed by atoms with Crippen molar-refractivity contribution in [1.82, 2.24) is 19.8 Å². The first-order valence-electron chi connectivity index (χ1n) is 8.19. The molecule has 0 aliphatic carbocycles. The van der Waals surface area contributed by atoms with Crippen molar-refractivity contribution >= 4 is 41.8 Å². The molecular weight excluding hydrogens is 347 g/mol. The van der Waals surface area contributed by atoms with Crippen molar-refractivity contribution in [3.8, 4) is 0 Å². The van der Waals surface area contributed by atoms with E-state index in [1.807, 2.05) is 24.5 Å². The zero-order valence-electron chi connectivity index (χ0n) is 14.0. The number of hydrogen-bond acceptors (Lipinski definition) is 3. The van der Waals surface area contributed by atoms with Gasteiger partial charge in [-0.2, -0.15) is 0 Å². The quantitative estimate of drug-likeness (QED) is 0.847. The zero-order valence-corrected chi connectivity index (χ0v) is 15.6. The number of benzene rings is 1. The van der Waals surface area contributed by atoms with Gasteiger partial charge in [-0.25, -0.2) is 4.98 Å². The minimum Gasteiger partial charge on any atom is -0.338 e. The van der Waals surface area contributed by atoms with Gasteiger partial charge in [-0.3, -0.25) is 4.79 Å². The third kappa shape index (κ3) is 4.62. The lowest BCUT2D eigenvalue weighted by Crippen LogP contribution is -2.42. The van der Waals surface area contributed by atoms with Crippen LogP contribution in [0, 0.1) is 0 Å². The Balaban J connectivity index is 0.00000144. The molecule has 2 aromatic rings. The number of nitrogens with zero attached hydrogens (tertiary/aromatic N) is 3. The van der Waals surface area contributed by atoms with Gasteiger partial charge < -0.3 is 14.8 Å². The van der Waals surface area contributed by atoms with Crippen molar-refractivity contribution in [1.29, 1.82) is 0 Å². The molecule has 2 heterocycles. The number of aryl methyl sites for hydroxylation is 1. The molecule has 1 unspecified atom stereocenters. The van der Waals surface area contributed by atoms with Crippen LogP contribution >= 0.6 is 24.8 Å². The molecule has 0 spiro atoms. The second-order valence-electron chi connectivity index (χ2n) is 5.91. The van der Waals surface area contributed by atoms with Crippen LogP contribution in [0.3, 0.4) is 0 Å². The molecule has 1 aliphatic heterocycles. The lowest BCUT2D eigenvalue weighted by Gasteiger charge is -2.28. The van der Waals surface area contributed by atoms with Gasteiger partial charge in [0.2, 0.25) is 5.91 Å². The topological polar surface area (TPSA) is 50.2 Å². The van der Waals surface area contributed by atoms with Crippen LogP contribution in [-0.2, 0) is 11.3 Å². The van der Waals surface area contributed by atoms with Crippen molar-refractivity contribution in [3.05, 3.63) is 30.6 Å². The maximum atomic E-state index is 12.6. The molecule has 0 bridgehead atoms. The molecule has 0 radical (unpaired) electrons. The molecule has 134 valence electrons. The molecule has 1 atom stereocenters. The molecule has 1 fully saturated rings. The number of aromatic nitrogens is 2. The van der Waals surface area contributed by atoms with Gasteiger partial charge in [-0.15, -0.1) is 24.8 Å². The Labute approximate surface area is 155 Å². The van der Waals surface area contributed by atoms with Crippen LogP contribution in [0.5, 0.6) is 0 Å². The fourth-order valence-electron chi connectivity index (χ4n) is 3.21. The number of imidazole rings is 1. The van der Waals surface area contributed by atoms with E-state index in [0.717, 1.165) is 43.5 Å². The fraction of sp³-hybridized carbons (Fsp3) is 0.529. The Morgan fingerprint density at radius 3 is 2.88 bits per heavy atom. The standard InChI is InChI=1S/C17H24N4O.2ClH/c1-2-10-21(14-7-9-18-12-14)17(22)8-11-20-13-19-15-5-3-4-6-16(15)20;;/h3-6,13-14,18H,2,7-12H2,1H3;2*1H. The Bertz CT molecular complexity index is 640. The highest BCUT2D eigenvalue weighted by molar-refractivity contribution is 5.85. The Hall–Kier alpha value is -1.30. The van der Waals surface area contributed by atoms with E-state index in [1.54, 1.807) is 0 Å². The second-order valence-corrected chi connectivity index (χ2v) is 5.91. The highest BCUT2D eigenvalue weighted by Gasteiger charge is 2.25. The third-order valence-electron chi connectivity index (χ3n) is 4.35. The van der Waals surface area contributed by atoms with Crippen LogP contribution in [0.25, 0.3) is 11.0 Å². The summed E-state index contributed by atoms with van der Waals surface area (Å²) in [5, 5.41) is 3.35. The summed E-state index contributed by atoms with van der Waals surface area (Å²) in [5.74, 6) is 0.258. The van der Waals surface area contributed by atoms with E-state index in [-0.39, 0.29) is 30.7 Å². The molecule has 1 aliphatic rings. The Kier molecular flexibility index (Phi) is 8.53. The van der Waals surface area contributed by atoms with E-state index in [9.17, 15) is 4.79 Å². The molecule has 24 heavy (non-hydrogen) atoms. The van der Waals surface area contributed by atoms with Crippen molar-refractivity contribution in [2.45, 2.75) is 38.8 Å². The fourth-order valence-corrected chi connectivity index (χ4v) is 3.21. The summed E-state index contributed by atoms with van der Waals surface area (Å²) in [6, 6.07) is 8.42. The summed E-state index contributed by atoms with van der Waals surface area (Å²) >= 11 is 0. The van der Waals surface area contributed by atoms with E-state index < -0.39 is 0 Å². The summed E-state index contributed by atoms with van der Waals surface area (Å²) < 4.78 is 2.07. The average molecular weight is 373 g/mol. The van der Waals surface area contributed by atoms with Gasteiger partial charge in [0.15, 0.2) is 0 Å². The van der Waals surface area contributed by atoms with E-state index in [2.05, 4.69) is 32.8 Å². The summed E-state index contributed by atoms with van der Waals surface area (Å²) in [6.07, 6.45) is 4.45. The van der Waals surface area contributed by atoms with Gasteiger partial charge in [-0.05, 0) is 31.5 Å².